The lowest BCUT2D eigenvalue weighted by atomic mass is 10.1. The zero-order chi connectivity index (χ0) is 16.5. The molecule has 4 nitrogen and oxygen atoms in total. The van der Waals surface area contributed by atoms with E-state index >= 15 is 0 Å². The second-order valence-electron chi connectivity index (χ2n) is 6.62. The molecule has 0 aromatic heterocycles. The molecule has 0 aliphatic carbocycles. The minimum absolute atomic E-state index is 0.227. The third-order valence-electron chi connectivity index (χ3n) is 4.42. The van der Waals surface area contributed by atoms with Crippen LogP contribution >= 0.6 is 0 Å². The number of aliphatic hydroxyl groups is 1. The number of benzene rings is 1. The Morgan fingerprint density at radius 3 is 2.78 bits per heavy atom. The van der Waals surface area contributed by atoms with Crippen LogP contribution in [-0.2, 0) is 11.3 Å². The number of aryl methyl sites for hydroxylation is 1. The Morgan fingerprint density at radius 2 is 2.09 bits per heavy atom. The van der Waals surface area contributed by atoms with Crippen molar-refractivity contribution in [1.82, 2.24) is 9.80 Å². The molecule has 1 aliphatic heterocycles. The van der Waals surface area contributed by atoms with Crippen molar-refractivity contribution in [2.24, 2.45) is 0 Å². The largest absolute Gasteiger partial charge is 0.392 e. The Balaban J connectivity index is 1.90. The first-order valence-corrected chi connectivity index (χ1v) is 8.93. The van der Waals surface area contributed by atoms with E-state index in [9.17, 15) is 5.11 Å². The maximum atomic E-state index is 10.2. The van der Waals surface area contributed by atoms with Gasteiger partial charge in [-0.15, -0.1) is 0 Å². The third-order valence-corrected chi connectivity index (χ3v) is 4.42. The summed E-state index contributed by atoms with van der Waals surface area (Å²) in [5.74, 6) is 0. The smallest absolute Gasteiger partial charge is 0.0667 e. The number of morpholine rings is 1. The molecule has 1 atom stereocenters. The van der Waals surface area contributed by atoms with Crippen LogP contribution in [0.4, 0.5) is 0 Å². The fourth-order valence-corrected chi connectivity index (χ4v) is 3.13. The first-order valence-electron chi connectivity index (χ1n) is 8.93. The van der Waals surface area contributed by atoms with Gasteiger partial charge in [-0.1, -0.05) is 43.2 Å². The van der Waals surface area contributed by atoms with E-state index in [2.05, 4.69) is 47.9 Å². The van der Waals surface area contributed by atoms with Crippen molar-refractivity contribution in [3.63, 3.8) is 0 Å². The number of hydrogen-bond donors (Lipinski definition) is 1. The van der Waals surface area contributed by atoms with E-state index in [-0.39, 0.29) is 6.10 Å². The van der Waals surface area contributed by atoms with Crippen molar-refractivity contribution >= 4 is 0 Å². The van der Waals surface area contributed by atoms with Gasteiger partial charge in [-0.2, -0.15) is 0 Å². The number of aliphatic hydroxyl groups excluding tert-OH is 1. The second-order valence-corrected chi connectivity index (χ2v) is 6.62. The van der Waals surface area contributed by atoms with Gasteiger partial charge in [-0.25, -0.2) is 0 Å². The molecule has 0 amide bonds. The maximum Gasteiger partial charge on any atom is 0.0667 e. The summed E-state index contributed by atoms with van der Waals surface area (Å²) in [4.78, 5) is 4.85. The van der Waals surface area contributed by atoms with Gasteiger partial charge in [0.2, 0.25) is 0 Å². The van der Waals surface area contributed by atoms with Crippen molar-refractivity contribution in [3.05, 3.63) is 35.4 Å². The van der Waals surface area contributed by atoms with E-state index in [1.54, 1.807) is 0 Å². The first kappa shape index (κ1) is 18.4. The SMILES string of the molecule is CCCC(O)CN(CCN1CCOCC1)Cc1cccc(C)c1. The standard InChI is InChI=1S/C19H32N2O2/c1-3-5-19(22)16-21(9-8-20-10-12-23-13-11-20)15-18-7-4-6-17(2)14-18/h4,6-7,14,19,22H,3,5,8-13,15-16H2,1-2H3. The summed E-state index contributed by atoms with van der Waals surface area (Å²) >= 11 is 0. The molecule has 0 bridgehead atoms. The molecular weight excluding hydrogens is 288 g/mol. The molecule has 23 heavy (non-hydrogen) atoms. The van der Waals surface area contributed by atoms with E-state index in [1.807, 2.05) is 0 Å². The van der Waals surface area contributed by atoms with Crippen molar-refractivity contribution < 1.29 is 9.84 Å². The molecule has 4 heteroatoms. The molecule has 1 aliphatic rings. The molecule has 1 saturated heterocycles. The highest BCUT2D eigenvalue weighted by Crippen LogP contribution is 2.10. The molecule has 0 saturated carbocycles. The van der Waals surface area contributed by atoms with Crippen molar-refractivity contribution in [1.29, 1.82) is 0 Å². The Morgan fingerprint density at radius 1 is 1.30 bits per heavy atom. The van der Waals surface area contributed by atoms with Crippen LogP contribution in [0.3, 0.4) is 0 Å². The average Bonchev–Trinajstić information content (AvgIpc) is 2.54. The number of ether oxygens (including phenoxy) is 1. The third kappa shape index (κ3) is 7.00. The van der Waals surface area contributed by atoms with E-state index < -0.39 is 0 Å². The summed E-state index contributed by atoms with van der Waals surface area (Å²) < 4.78 is 5.42. The van der Waals surface area contributed by atoms with Crippen molar-refractivity contribution in [2.75, 3.05) is 45.9 Å². The highest BCUT2D eigenvalue weighted by Gasteiger charge is 2.15. The average molecular weight is 320 g/mol. The molecule has 1 aromatic rings. The van der Waals surface area contributed by atoms with Gasteiger partial charge in [-0.3, -0.25) is 9.80 Å². The Labute approximate surface area is 141 Å². The molecule has 1 unspecified atom stereocenters. The Hall–Kier alpha value is -0.940. The molecule has 1 aromatic carbocycles. The van der Waals surface area contributed by atoms with Gasteiger partial charge in [0.05, 0.1) is 19.3 Å². The highest BCUT2D eigenvalue weighted by molar-refractivity contribution is 5.22. The molecule has 0 spiro atoms. The summed E-state index contributed by atoms with van der Waals surface area (Å²) in [6, 6.07) is 8.68. The highest BCUT2D eigenvalue weighted by atomic mass is 16.5. The molecule has 1 heterocycles. The number of rotatable bonds is 9. The van der Waals surface area contributed by atoms with E-state index in [1.165, 1.54) is 11.1 Å². The Kier molecular flexibility index (Phi) is 8.03. The van der Waals surface area contributed by atoms with Gasteiger partial charge in [0.15, 0.2) is 0 Å². The van der Waals surface area contributed by atoms with E-state index in [4.69, 9.17) is 4.74 Å². The minimum Gasteiger partial charge on any atom is -0.392 e. The van der Waals surface area contributed by atoms with Crippen LogP contribution in [0.1, 0.15) is 30.9 Å². The Bertz CT molecular complexity index is 447. The predicted octanol–water partition coefficient (Wildman–Crippen LogP) is 2.29. The van der Waals surface area contributed by atoms with Gasteiger partial charge >= 0.3 is 0 Å². The van der Waals surface area contributed by atoms with Gasteiger partial charge in [0, 0.05) is 39.3 Å². The van der Waals surface area contributed by atoms with Crippen LogP contribution in [0.25, 0.3) is 0 Å². The predicted molar refractivity (Wildman–Crippen MR) is 94.6 cm³/mol. The van der Waals surface area contributed by atoms with Crippen molar-refractivity contribution in [2.45, 2.75) is 39.3 Å². The van der Waals surface area contributed by atoms with E-state index in [0.717, 1.165) is 65.3 Å². The summed E-state index contributed by atoms with van der Waals surface area (Å²) in [6.07, 6.45) is 1.68. The van der Waals surface area contributed by atoms with Crippen LogP contribution in [0.2, 0.25) is 0 Å². The fourth-order valence-electron chi connectivity index (χ4n) is 3.13. The fraction of sp³-hybridized carbons (Fsp3) is 0.684. The second kappa shape index (κ2) is 10.0. The van der Waals surface area contributed by atoms with Crippen LogP contribution in [0.5, 0.6) is 0 Å². The maximum absolute atomic E-state index is 10.2. The van der Waals surface area contributed by atoms with Crippen LogP contribution in [-0.4, -0.2) is 66.9 Å². The van der Waals surface area contributed by atoms with Crippen molar-refractivity contribution in [3.8, 4) is 0 Å². The minimum atomic E-state index is -0.227. The molecule has 2 rings (SSSR count). The van der Waals surface area contributed by atoms with Crippen LogP contribution in [0, 0.1) is 6.92 Å². The van der Waals surface area contributed by atoms with Crippen LogP contribution in [0.15, 0.2) is 24.3 Å². The zero-order valence-electron chi connectivity index (χ0n) is 14.7. The summed E-state index contributed by atoms with van der Waals surface area (Å²) in [5.41, 5.74) is 2.63. The molecule has 1 fully saturated rings. The summed E-state index contributed by atoms with van der Waals surface area (Å²) in [6.45, 7) is 11.7. The topological polar surface area (TPSA) is 35.9 Å². The lowest BCUT2D eigenvalue weighted by Gasteiger charge is -2.31. The van der Waals surface area contributed by atoms with Gasteiger partial charge in [0.25, 0.3) is 0 Å². The quantitative estimate of drug-likeness (QED) is 0.757. The lowest BCUT2D eigenvalue weighted by molar-refractivity contribution is 0.0287. The summed E-state index contributed by atoms with van der Waals surface area (Å²) in [7, 11) is 0. The first-order chi connectivity index (χ1) is 11.2. The van der Waals surface area contributed by atoms with Crippen LogP contribution < -0.4 is 0 Å². The van der Waals surface area contributed by atoms with Gasteiger partial charge in [-0.05, 0) is 18.9 Å². The zero-order valence-corrected chi connectivity index (χ0v) is 14.7. The van der Waals surface area contributed by atoms with Gasteiger partial charge in [0.1, 0.15) is 0 Å². The van der Waals surface area contributed by atoms with E-state index in [0.29, 0.717) is 0 Å². The van der Waals surface area contributed by atoms with Gasteiger partial charge < -0.3 is 9.84 Å². The molecule has 0 radical (unpaired) electrons. The lowest BCUT2D eigenvalue weighted by Crippen LogP contribution is -2.42. The molecule has 1 N–H and O–H groups in total. The molecule has 130 valence electrons. The summed E-state index contributed by atoms with van der Waals surface area (Å²) in [5, 5.41) is 10.2. The molecular formula is C19H32N2O2. The normalized spacial score (nSPS) is 17.6. The number of hydrogen-bond acceptors (Lipinski definition) is 4. The number of nitrogens with zero attached hydrogens (tertiary/aromatic N) is 2. The monoisotopic (exact) mass is 320 g/mol.